The van der Waals surface area contributed by atoms with Crippen molar-refractivity contribution in [3.05, 3.63) is 35.9 Å². The molecule has 2 heterocycles. The number of β-amino-alcohol motifs (C(OH)–C–C–N with tert-alkyl or cyclic N) is 1. The topological polar surface area (TPSA) is 68.2 Å². The van der Waals surface area contributed by atoms with Crippen LogP contribution < -0.4 is 0 Å². The van der Waals surface area contributed by atoms with Crippen molar-refractivity contribution in [2.45, 2.75) is 44.6 Å². The highest BCUT2D eigenvalue weighted by atomic mass is 16.8. The van der Waals surface area contributed by atoms with Crippen molar-refractivity contribution >= 4 is 6.09 Å². The maximum atomic E-state index is 12.2. The molecule has 0 unspecified atom stereocenters. The van der Waals surface area contributed by atoms with Crippen molar-refractivity contribution in [2.24, 2.45) is 0 Å². The molecule has 0 spiro atoms. The third kappa shape index (κ3) is 3.24. The van der Waals surface area contributed by atoms with Gasteiger partial charge in [0.2, 0.25) is 0 Å². The Morgan fingerprint density at radius 2 is 2.05 bits per heavy atom. The summed E-state index contributed by atoms with van der Waals surface area (Å²) in [5.74, 6) is -0.736. The molecule has 1 aromatic rings. The van der Waals surface area contributed by atoms with E-state index in [1.54, 1.807) is 13.8 Å². The van der Waals surface area contributed by atoms with Gasteiger partial charge in [0.25, 0.3) is 0 Å². The molecule has 1 aromatic carbocycles. The van der Waals surface area contributed by atoms with E-state index < -0.39 is 24.1 Å². The average Bonchev–Trinajstić information content (AvgIpc) is 2.80. The molecule has 2 saturated heterocycles. The Labute approximate surface area is 129 Å². The maximum absolute atomic E-state index is 12.2. The number of piperidine rings is 1. The molecule has 0 aliphatic carbocycles. The lowest BCUT2D eigenvalue weighted by Gasteiger charge is -2.35. The zero-order chi connectivity index (χ0) is 15.7. The number of hydrogen-bond donors (Lipinski definition) is 1. The Kier molecular flexibility index (Phi) is 4.08. The fourth-order valence-electron chi connectivity index (χ4n) is 2.91. The fourth-order valence-corrected chi connectivity index (χ4v) is 2.91. The van der Waals surface area contributed by atoms with Crippen molar-refractivity contribution in [1.29, 1.82) is 0 Å². The van der Waals surface area contributed by atoms with Crippen molar-refractivity contribution in [3.63, 3.8) is 0 Å². The highest BCUT2D eigenvalue weighted by Crippen LogP contribution is 2.33. The molecule has 3 rings (SSSR count). The van der Waals surface area contributed by atoms with Gasteiger partial charge in [-0.3, -0.25) is 0 Å². The zero-order valence-electron chi connectivity index (χ0n) is 12.8. The Bertz CT molecular complexity index is 533. The quantitative estimate of drug-likeness (QED) is 0.897. The van der Waals surface area contributed by atoms with E-state index in [4.69, 9.17) is 14.2 Å². The SMILES string of the molecule is CC1(C)O[C@H]2[C@H](CN(C(=O)OCc3ccccc3)C[C@@H]2O)O1. The van der Waals surface area contributed by atoms with Gasteiger partial charge in [0.1, 0.15) is 24.9 Å². The smallest absolute Gasteiger partial charge is 0.410 e. The summed E-state index contributed by atoms with van der Waals surface area (Å²) in [5.41, 5.74) is 0.924. The van der Waals surface area contributed by atoms with Crippen molar-refractivity contribution in [3.8, 4) is 0 Å². The van der Waals surface area contributed by atoms with Crippen LogP contribution in [0, 0.1) is 0 Å². The van der Waals surface area contributed by atoms with Crippen molar-refractivity contribution < 1.29 is 24.1 Å². The van der Waals surface area contributed by atoms with E-state index in [0.717, 1.165) is 5.56 Å². The van der Waals surface area contributed by atoms with Gasteiger partial charge in [-0.25, -0.2) is 4.79 Å². The van der Waals surface area contributed by atoms with E-state index in [1.807, 2.05) is 30.3 Å². The summed E-state index contributed by atoms with van der Waals surface area (Å²) in [7, 11) is 0. The lowest BCUT2D eigenvalue weighted by atomic mass is 10.0. The Morgan fingerprint density at radius 1 is 1.32 bits per heavy atom. The molecule has 2 fully saturated rings. The van der Waals surface area contributed by atoms with E-state index >= 15 is 0 Å². The number of carbonyl (C=O) groups excluding carboxylic acids is 1. The van der Waals surface area contributed by atoms with E-state index in [2.05, 4.69) is 0 Å². The predicted octanol–water partition coefficient (Wildman–Crippen LogP) is 1.52. The van der Waals surface area contributed by atoms with Crippen LogP contribution in [-0.4, -0.2) is 53.3 Å². The number of nitrogens with zero attached hydrogens (tertiary/aromatic N) is 1. The number of rotatable bonds is 2. The Hall–Kier alpha value is -1.63. The van der Waals surface area contributed by atoms with Crippen LogP contribution in [0.25, 0.3) is 0 Å². The average molecular weight is 307 g/mol. The van der Waals surface area contributed by atoms with Crippen molar-refractivity contribution in [2.75, 3.05) is 13.1 Å². The van der Waals surface area contributed by atoms with Gasteiger partial charge < -0.3 is 24.2 Å². The van der Waals surface area contributed by atoms with Crippen molar-refractivity contribution in [1.82, 2.24) is 4.90 Å². The van der Waals surface area contributed by atoms with E-state index in [9.17, 15) is 9.90 Å². The molecule has 6 heteroatoms. The second-order valence-corrected chi connectivity index (χ2v) is 6.15. The number of amides is 1. The third-order valence-electron chi connectivity index (χ3n) is 3.87. The molecular formula is C16H21NO5. The molecule has 0 saturated carbocycles. The Balaban J connectivity index is 1.58. The highest BCUT2D eigenvalue weighted by molar-refractivity contribution is 5.68. The summed E-state index contributed by atoms with van der Waals surface area (Å²) < 4.78 is 16.7. The second kappa shape index (κ2) is 5.87. The van der Waals surface area contributed by atoms with E-state index in [1.165, 1.54) is 4.90 Å². The van der Waals surface area contributed by atoms with E-state index in [-0.39, 0.29) is 19.3 Å². The molecule has 1 N–H and O–H groups in total. The zero-order valence-corrected chi connectivity index (χ0v) is 12.8. The molecule has 1 amide bonds. The minimum absolute atomic E-state index is 0.189. The van der Waals surface area contributed by atoms with Gasteiger partial charge in [0, 0.05) is 0 Å². The lowest BCUT2D eigenvalue weighted by Crippen LogP contribution is -2.55. The van der Waals surface area contributed by atoms with E-state index in [0.29, 0.717) is 6.54 Å². The van der Waals surface area contributed by atoms with Crippen LogP contribution in [0.5, 0.6) is 0 Å². The van der Waals surface area contributed by atoms with Crippen LogP contribution >= 0.6 is 0 Å². The summed E-state index contributed by atoms with van der Waals surface area (Å²) in [4.78, 5) is 13.6. The fraction of sp³-hybridized carbons (Fsp3) is 0.562. The molecule has 0 radical (unpaired) electrons. The van der Waals surface area contributed by atoms with Gasteiger partial charge in [0.05, 0.1) is 13.1 Å². The largest absolute Gasteiger partial charge is 0.445 e. The summed E-state index contributed by atoms with van der Waals surface area (Å²) in [6, 6.07) is 9.48. The van der Waals surface area contributed by atoms with Crippen LogP contribution in [0.4, 0.5) is 4.79 Å². The summed E-state index contributed by atoms with van der Waals surface area (Å²) in [5, 5.41) is 10.2. The number of likely N-dealkylation sites (tertiary alicyclic amines) is 1. The van der Waals surface area contributed by atoms with Gasteiger partial charge in [-0.05, 0) is 19.4 Å². The first kappa shape index (κ1) is 15.3. The van der Waals surface area contributed by atoms with Gasteiger partial charge in [-0.1, -0.05) is 30.3 Å². The highest BCUT2D eigenvalue weighted by Gasteiger charge is 2.49. The molecule has 3 atom stereocenters. The molecule has 0 bridgehead atoms. The minimum Gasteiger partial charge on any atom is -0.445 e. The molecule has 2 aliphatic rings. The van der Waals surface area contributed by atoms with Crippen LogP contribution in [0.1, 0.15) is 19.4 Å². The molecular weight excluding hydrogens is 286 g/mol. The van der Waals surface area contributed by atoms with Gasteiger partial charge in [-0.2, -0.15) is 0 Å². The summed E-state index contributed by atoms with van der Waals surface area (Å²) >= 11 is 0. The molecule has 2 aliphatic heterocycles. The molecule has 6 nitrogen and oxygen atoms in total. The van der Waals surface area contributed by atoms with Crippen LogP contribution in [0.2, 0.25) is 0 Å². The summed E-state index contributed by atoms with van der Waals surface area (Å²) in [6.07, 6.45) is -1.95. The molecule has 22 heavy (non-hydrogen) atoms. The van der Waals surface area contributed by atoms with Gasteiger partial charge in [0.15, 0.2) is 5.79 Å². The first-order valence-electron chi connectivity index (χ1n) is 7.44. The number of aliphatic hydroxyl groups is 1. The Morgan fingerprint density at radius 3 is 2.77 bits per heavy atom. The first-order chi connectivity index (χ1) is 10.4. The molecule has 120 valence electrons. The standard InChI is InChI=1S/C16H21NO5/c1-16(2)21-13-9-17(8-12(18)14(13)22-16)15(19)20-10-11-6-4-3-5-7-11/h3-7,12-14,18H,8-10H2,1-2H3/t12-,13-,14+/m0/s1. The monoisotopic (exact) mass is 307 g/mol. The second-order valence-electron chi connectivity index (χ2n) is 6.15. The number of fused-ring (bicyclic) bond motifs is 1. The third-order valence-corrected chi connectivity index (χ3v) is 3.87. The maximum Gasteiger partial charge on any atom is 0.410 e. The molecule has 0 aromatic heterocycles. The first-order valence-corrected chi connectivity index (χ1v) is 7.44. The number of hydrogen-bond acceptors (Lipinski definition) is 5. The normalized spacial score (nSPS) is 30.0. The van der Waals surface area contributed by atoms with Gasteiger partial charge >= 0.3 is 6.09 Å². The number of benzene rings is 1. The lowest BCUT2D eigenvalue weighted by molar-refractivity contribution is -0.152. The van der Waals surface area contributed by atoms with Gasteiger partial charge in [-0.15, -0.1) is 0 Å². The number of carbonyl (C=O) groups is 1. The predicted molar refractivity (Wildman–Crippen MR) is 78.0 cm³/mol. The summed E-state index contributed by atoms with van der Waals surface area (Å²) in [6.45, 7) is 4.36. The van der Waals surface area contributed by atoms with Crippen LogP contribution in [0.15, 0.2) is 30.3 Å². The number of aliphatic hydroxyl groups excluding tert-OH is 1. The minimum atomic E-state index is -0.773. The van der Waals surface area contributed by atoms with Crippen LogP contribution in [-0.2, 0) is 20.8 Å². The van der Waals surface area contributed by atoms with Crippen LogP contribution in [0.3, 0.4) is 0 Å². The number of ether oxygens (including phenoxy) is 3.